The van der Waals surface area contributed by atoms with E-state index in [0.29, 0.717) is 0 Å². The number of carbonyl (C=O) groups excluding carboxylic acids is 1. The Morgan fingerprint density at radius 3 is 2.43 bits per heavy atom. The molecular formula is C17H19BrN2O. The number of halogens is 1. The van der Waals surface area contributed by atoms with E-state index >= 15 is 0 Å². The lowest BCUT2D eigenvalue weighted by Crippen LogP contribution is -2.30. The highest BCUT2D eigenvalue weighted by Gasteiger charge is 2.15. The van der Waals surface area contributed by atoms with Crippen LogP contribution in [0.15, 0.2) is 59.1 Å². The molecule has 1 amide bonds. The summed E-state index contributed by atoms with van der Waals surface area (Å²) in [6.45, 7) is 1.96. The number of amides is 1. The number of nitrogens with one attached hydrogen (secondary N) is 1. The molecule has 2 rings (SSSR count). The first-order chi connectivity index (χ1) is 10.1. The molecule has 0 saturated carbocycles. The molecule has 3 N–H and O–H groups in total. The van der Waals surface area contributed by atoms with E-state index in [9.17, 15) is 4.79 Å². The van der Waals surface area contributed by atoms with E-state index in [-0.39, 0.29) is 24.4 Å². The molecule has 0 aliphatic carbocycles. The van der Waals surface area contributed by atoms with Crippen molar-refractivity contribution in [2.75, 3.05) is 0 Å². The van der Waals surface area contributed by atoms with E-state index in [2.05, 4.69) is 21.2 Å². The average molecular weight is 347 g/mol. The van der Waals surface area contributed by atoms with Crippen molar-refractivity contribution in [3.63, 3.8) is 0 Å². The fraction of sp³-hybridized carbons (Fsp3) is 0.235. The first-order valence-electron chi connectivity index (χ1n) is 6.92. The van der Waals surface area contributed by atoms with Crippen LogP contribution in [-0.4, -0.2) is 5.91 Å². The van der Waals surface area contributed by atoms with E-state index in [1.807, 2.05) is 61.5 Å². The van der Waals surface area contributed by atoms with E-state index in [0.717, 1.165) is 15.6 Å². The molecule has 0 aromatic heterocycles. The summed E-state index contributed by atoms with van der Waals surface area (Å²) in [6.07, 6.45) is 0.277. The van der Waals surface area contributed by atoms with Gasteiger partial charge in [-0.15, -0.1) is 0 Å². The predicted octanol–water partition coefficient (Wildman–Crippen LogP) is 3.72. The molecule has 0 radical (unpaired) electrons. The van der Waals surface area contributed by atoms with Crippen LogP contribution in [0.3, 0.4) is 0 Å². The van der Waals surface area contributed by atoms with Crippen LogP contribution >= 0.6 is 15.9 Å². The van der Waals surface area contributed by atoms with Gasteiger partial charge in [-0.1, -0.05) is 64.5 Å². The van der Waals surface area contributed by atoms with Crippen LogP contribution in [0.2, 0.25) is 0 Å². The number of hydrogen-bond donors (Lipinski definition) is 2. The third-order valence-electron chi connectivity index (χ3n) is 3.38. The number of benzene rings is 2. The Hall–Kier alpha value is -1.65. The molecule has 0 bridgehead atoms. The zero-order valence-electron chi connectivity index (χ0n) is 11.9. The molecule has 0 heterocycles. The molecule has 4 heteroatoms. The topological polar surface area (TPSA) is 55.1 Å². The van der Waals surface area contributed by atoms with Gasteiger partial charge in [-0.05, 0) is 24.1 Å². The fourth-order valence-corrected chi connectivity index (χ4v) is 2.85. The number of rotatable bonds is 5. The second-order valence-corrected chi connectivity index (χ2v) is 5.89. The quantitative estimate of drug-likeness (QED) is 0.866. The summed E-state index contributed by atoms with van der Waals surface area (Å²) in [5.74, 6) is -0.0467. The van der Waals surface area contributed by atoms with Crippen LogP contribution in [-0.2, 0) is 4.79 Å². The van der Waals surface area contributed by atoms with Crippen molar-refractivity contribution in [2.45, 2.75) is 25.4 Å². The van der Waals surface area contributed by atoms with Gasteiger partial charge in [-0.2, -0.15) is 0 Å². The Bertz CT molecular complexity index is 601. The molecule has 21 heavy (non-hydrogen) atoms. The number of carbonyl (C=O) groups is 1. The zero-order chi connectivity index (χ0) is 15.2. The van der Waals surface area contributed by atoms with Crippen LogP contribution in [0.4, 0.5) is 0 Å². The number of hydrogen-bond acceptors (Lipinski definition) is 2. The van der Waals surface area contributed by atoms with Gasteiger partial charge in [0.2, 0.25) is 5.91 Å². The van der Waals surface area contributed by atoms with Crippen molar-refractivity contribution in [3.05, 3.63) is 70.2 Å². The van der Waals surface area contributed by atoms with Crippen LogP contribution in [0.5, 0.6) is 0 Å². The lowest BCUT2D eigenvalue weighted by atomic mass is 10.0. The molecule has 0 spiro atoms. The lowest BCUT2D eigenvalue weighted by molar-refractivity contribution is -0.122. The minimum Gasteiger partial charge on any atom is -0.349 e. The van der Waals surface area contributed by atoms with Gasteiger partial charge in [0.1, 0.15) is 0 Å². The Morgan fingerprint density at radius 1 is 1.14 bits per heavy atom. The van der Waals surface area contributed by atoms with Crippen LogP contribution < -0.4 is 11.1 Å². The van der Waals surface area contributed by atoms with Crippen molar-refractivity contribution in [3.8, 4) is 0 Å². The van der Waals surface area contributed by atoms with Crippen molar-refractivity contribution in [1.82, 2.24) is 5.32 Å². The van der Waals surface area contributed by atoms with Crippen LogP contribution in [0.25, 0.3) is 0 Å². The van der Waals surface area contributed by atoms with Crippen molar-refractivity contribution in [1.29, 1.82) is 0 Å². The predicted molar refractivity (Wildman–Crippen MR) is 88.7 cm³/mol. The highest BCUT2D eigenvalue weighted by Crippen LogP contribution is 2.23. The maximum Gasteiger partial charge on any atom is 0.222 e. The first kappa shape index (κ1) is 15.7. The SMILES string of the molecule is C[C@H](NC(=O)CC(N)c1ccccc1)c1ccccc1Br. The largest absolute Gasteiger partial charge is 0.349 e. The van der Waals surface area contributed by atoms with Gasteiger partial charge in [0, 0.05) is 16.9 Å². The van der Waals surface area contributed by atoms with Gasteiger partial charge < -0.3 is 11.1 Å². The average Bonchev–Trinajstić information content (AvgIpc) is 2.48. The summed E-state index contributed by atoms with van der Waals surface area (Å²) in [5, 5.41) is 2.99. The minimum atomic E-state index is -0.280. The maximum atomic E-state index is 12.1. The highest BCUT2D eigenvalue weighted by molar-refractivity contribution is 9.10. The van der Waals surface area contributed by atoms with Crippen molar-refractivity contribution < 1.29 is 4.79 Å². The summed E-state index contributed by atoms with van der Waals surface area (Å²) < 4.78 is 0.991. The molecule has 0 fully saturated rings. The second-order valence-electron chi connectivity index (χ2n) is 5.03. The van der Waals surface area contributed by atoms with Gasteiger partial charge in [0.25, 0.3) is 0 Å². The van der Waals surface area contributed by atoms with E-state index in [1.54, 1.807) is 0 Å². The Morgan fingerprint density at radius 2 is 1.76 bits per heavy atom. The van der Waals surface area contributed by atoms with E-state index in [4.69, 9.17) is 5.73 Å². The Balaban J connectivity index is 1.94. The van der Waals surface area contributed by atoms with Gasteiger partial charge in [0.05, 0.1) is 6.04 Å². The Labute approximate surface area is 133 Å². The molecule has 0 aliphatic rings. The molecular weight excluding hydrogens is 328 g/mol. The molecule has 0 saturated heterocycles. The molecule has 2 aromatic carbocycles. The Kier molecular flexibility index (Phi) is 5.53. The van der Waals surface area contributed by atoms with Gasteiger partial charge in [-0.3, -0.25) is 4.79 Å². The summed E-state index contributed by atoms with van der Waals surface area (Å²) in [4.78, 5) is 12.1. The smallest absolute Gasteiger partial charge is 0.222 e. The van der Waals surface area contributed by atoms with Crippen LogP contribution in [0.1, 0.15) is 36.6 Å². The fourth-order valence-electron chi connectivity index (χ4n) is 2.22. The van der Waals surface area contributed by atoms with Crippen molar-refractivity contribution >= 4 is 21.8 Å². The van der Waals surface area contributed by atoms with Crippen LogP contribution in [0, 0.1) is 0 Å². The monoisotopic (exact) mass is 346 g/mol. The normalized spacial score (nSPS) is 13.5. The minimum absolute atomic E-state index is 0.0467. The molecule has 1 unspecified atom stereocenters. The third-order valence-corrected chi connectivity index (χ3v) is 4.10. The highest BCUT2D eigenvalue weighted by atomic mass is 79.9. The summed E-state index contributed by atoms with van der Waals surface area (Å²) in [7, 11) is 0. The van der Waals surface area contributed by atoms with Gasteiger partial charge in [0.15, 0.2) is 0 Å². The summed E-state index contributed by atoms with van der Waals surface area (Å²) >= 11 is 3.50. The van der Waals surface area contributed by atoms with Crippen molar-refractivity contribution in [2.24, 2.45) is 5.73 Å². The van der Waals surface area contributed by atoms with E-state index < -0.39 is 0 Å². The van der Waals surface area contributed by atoms with Gasteiger partial charge in [-0.25, -0.2) is 0 Å². The van der Waals surface area contributed by atoms with Gasteiger partial charge >= 0.3 is 0 Å². The molecule has 110 valence electrons. The third kappa shape index (κ3) is 4.41. The maximum absolute atomic E-state index is 12.1. The molecule has 2 aromatic rings. The lowest BCUT2D eigenvalue weighted by Gasteiger charge is -2.18. The number of nitrogens with two attached hydrogens (primary N) is 1. The molecule has 0 aliphatic heterocycles. The summed E-state index contributed by atoms with van der Waals surface area (Å²) in [5.41, 5.74) is 8.10. The molecule has 2 atom stereocenters. The van der Waals surface area contributed by atoms with E-state index in [1.165, 1.54) is 0 Å². The summed E-state index contributed by atoms with van der Waals surface area (Å²) in [6, 6.07) is 17.2. The molecule has 3 nitrogen and oxygen atoms in total. The standard InChI is InChI=1S/C17H19BrN2O/c1-12(14-9-5-6-10-15(14)18)20-17(21)11-16(19)13-7-3-2-4-8-13/h2-10,12,16H,11,19H2,1H3,(H,20,21)/t12-,16?/m0/s1. The second kappa shape index (κ2) is 7.38. The first-order valence-corrected chi connectivity index (χ1v) is 7.71. The zero-order valence-corrected chi connectivity index (χ0v) is 13.5.